The van der Waals surface area contributed by atoms with Crippen LogP contribution in [-0.2, 0) is 30.8 Å². The van der Waals surface area contributed by atoms with E-state index in [1.165, 1.54) is 28.1 Å². The second kappa shape index (κ2) is 10.6. The zero-order valence-electron chi connectivity index (χ0n) is 22.8. The first-order valence-electron chi connectivity index (χ1n) is 13.6. The maximum absolute atomic E-state index is 12.8. The highest BCUT2D eigenvalue weighted by molar-refractivity contribution is 5.96. The van der Waals surface area contributed by atoms with E-state index in [1.54, 1.807) is 0 Å². The molecule has 37 heavy (non-hydrogen) atoms. The molecule has 0 fully saturated rings. The molecule has 0 atom stereocenters. The fraction of sp³-hybridized carbons (Fsp3) is 0.406. The summed E-state index contributed by atoms with van der Waals surface area (Å²) in [5.74, 6) is 0.208. The van der Waals surface area contributed by atoms with E-state index < -0.39 is 0 Å². The molecule has 5 nitrogen and oxygen atoms in total. The van der Waals surface area contributed by atoms with Crippen LogP contribution in [0.25, 0.3) is 0 Å². The molecule has 0 spiro atoms. The summed E-state index contributed by atoms with van der Waals surface area (Å²) in [5.41, 5.74) is 8.87. The zero-order valence-corrected chi connectivity index (χ0v) is 22.8. The normalized spacial score (nSPS) is 16.9. The van der Waals surface area contributed by atoms with Gasteiger partial charge in [-0.25, -0.2) is 0 Å². The van der Waals surface area contributed by atoms with E-state index in [-0.39, 0.29) is 11.3 Å². The van der Waals surface area contributed by atoms with Gasteiger partial charge in [-0.05, 0) is 59.2 Å². The Bertz CT molecular complexity index is 1250. The van der Waals surface area contributed by atoms with E-state index in [1.807, 2.05) is 23.1 Å². The molecule has 3 aromatic rings. The second-order valence-electron chi connectivity index (χ2n) is 11.4. The van der Waals surface area contributed by atoms with Crippen molar-refractivity contribution in [3.05, 3.63) is 89.0 Å². The molecule has 194 valence electrons. The summed E-state index contributed by atoms with van der Waals surface area (Å²) in [6.07, 6.45) is 1.40. The lowest BCUT2D eigenvalue weighted by Gasteiger charge is -2.30. The Morgan fingerprint density at radius 1 is 0.811 bits per heavy atom. The topological polar surface area (TPSA) is 38.8 Å². The number of hydrogen-bond acceptors (Lipinski definition) is 4. The van der Waals surface area contributed by atoms with Crippen LogP contribution in [0, 0.1) is 5.41 Å². The third kappa shape index (κ3) is 5.67. The monoisotopic (exact) mass is 496 g/mol. The Morgan fingerprint density at radius 3 is 2.24 bits per heavy atom. The summed E-state index contributed by atoms with van der Waals surface area (Å²) in [5, 5.41) is 3.64. The van der Waals surface area contributed by atoms with Crippen LogP contribution < -0.4 is 20.0 Å². The number of benzene rings is 3. The number of rotatable bonds is 7. The van der Waals surface area contributed by atoms with E-state index in [2.05, 4.69) is 91.5 Å². The highest BCUT2D eigenvalue weighted by Crippen LogP contribution is 2.37. The Kier molecular flexibility index (Phi) is 7.25. The summed E-state index contributed by atoms with van der Waals surface area (Å²) >= 11 is 0. The van der Waals surface area contributed by atoms with Crippen molar-refractivity contribution in [1.82, 2.24) is 5.32 Å². The fourth-order valence-electron chi connectivity index (χ4n) is 5.90. The van der Waals surface area contributed by atoms with E-state index in [0.29, 0.717) is 13.0 Å². The van der Waals surface area contributed by atoms with Crippen LogP contribution in [0.5, 0.6) is 0 Å². The van der Waals surface area contributed by atoms with Crippen molar-refractivity contribution >= 4 is 23.0 Å². The maximum Gasteiger partial charge on any atom is 0.227 e. The number of nitrogens with zero attached hydrogens (tertiary/aromatic N) is 3. The van der Waals surface area contributed by atoms with Gasteiger partial charge in [0.1, 0.15) is 0 Å². The van der Waals surface area contributed by atoms with Gasteiger partial charge in [0.05, 0.1) is 17.9 Å². The molecule has 2 aliphatic heterocycles. The number of fused-ring (bicyclic) bond motifs is 2. The maximum atomic E-state index is 12.8. The Labute approximate surface area is 222 Å². The Morgan fingerprint density at radius 2 is 1.51 bits per heavy atom. The van der Waals surface area contributed by atoms with Gasteiger partial charge in [-0.1, -0.05) is 62.4 Å². The number of amides is 1. The average Bonchev–Trinajstić information content (AvgIpc) is 2.99. The summed E-state index contributed by atoms with van der Waals surface area (Å²) < 4.78 is 0. The number of hydrogen-bond donors (Lipinski definition) is 1. The van der Waals surface area contributed by atoms with Crippen LogP contribution in [0.3, 0.4) is 0 Å². The van der Waals surface area contributed by atoms with Crippen LogP contribution in [0.4, 0.5) is 17.1 Å². The molecule has 0 radical (unpaired) electrons. The number of aryl methyl sites for hydroxylation is 1. The van der Waals surface area contributed by atoms with Crippen molar-refractivity contribution in [3.8, 4) is 0 Å². The molecular weight excluding hydrogens is 456 g/mol. The molecule has 0 unspecified atom stereocenters. The standard InChI is InChI=1S/C32H40N4O/c1-5-35-23-32(2,3)22-34(4)30-18-26(12-15-28(30)35)20-33-19-25-11-13-27-14-16-31(37)36(29(27)17-25)21-24-9-7-6-8-10-24/h6-13,15,17-18,33H,5,14,16,19-23H2,1-4H3. The van der Waals surface area contributed by atoms with Crippen molar-refractivity contribution in [2.75, 3.05) is 41.4 Å². The Hall–Kier alpha value is -3.31. The lowest BCUT2D eigenvalue weighted by molar-refractivity contribution is -0.119. The molecular formula is C32H40N4O. The van der Waals surface area contributed by atoms with E-state index in [0.717, 1.165) is 50.4 Å². The van der Waals surface area contributed by atoms with Gasteiger partial charge in [-0.3, -0.25) is 4.79 Å². The molecule has 0 aromatic heterocycles. The van der Waals surface area contributed by atoms with E-state index in [9.17, 15) is 4.79 Å². The molecule has 0 saturated heterocycles. The van der Waals surface area contributed by atoms with Gasteiger partial charge in [0, 0.05) is 51.9 Å². The van der Waals surface area contributed by atoms with Crippen LogP contribution in [0.15, 0.2) is 66.7 Å². The summed E-state index contributed by atoms with van der Waals surface area (Å²) in [4.78, 5) is 19.7. The van der Waals surface area contributed by atoms with Crippen molar-refractivity contribution in [2.45, 2.75) is 53.2 Å². The highest BCUT2D eigenvalue weighted by atomic mass is 16.2. The van der Waals surface area contributed by atoms with Gasteiger partial charge in [0.25, 0.3) is 0 Å². The minimum atomic E-state index is 0.208. The van der Waals surface area contributed by atoms with Gasteiger partial charge in [-0.2, -0.15) is 0 Å². The highest BCUT2D eigenvalue weighted by Gasteiger charge is 2.29. The summed E-state index contributed by atoms with van der Waals surface area (Å²) in [6, 6.07) is 23.8. The van der Waals surface area contributed by atoms with Crippen LogP contribution in [-0.4, -0.2) is 32.6 Å². The minimum absolute atomic E-state index is 0.208. The molecule has 5 heteroatoms. The summed E-state index contributed by atoms with van der Waals surface area (Å²) in [6.45, 7) is 12.3. The average molecular weight is 497 g/mol. The molecule has 3 aromatic carbocycles. The Balaban J connectivity index is 1.28. The number of carbonyl (C=O) groups is 1. The molecule has 5 rings (SSSR count). The quantitative estimate of drug-likeness (QED) is 0.452. The lowest BCUT2D eigenvalue weighted by atomic mass is 9.92. The zero-order chi connectivity index (χ0) is 26.0. The SMILES string of the molecule is CCN1CC(C)(C)CN(C)c2cc(CNCc3ccc4c(c3)N(Cc3ccccc3)C(=O)CC4)ccc21. The molecule has 0 saturated carbocycles. The first-order valence-corrected chi connectivity index (χ1v) is 13.6. The second-order valence-corrected chi connectivity index (χ2v) is 11.4. The van der Waals surface area contributed by atoms with E-state index in [4.69, 9.17) is 0 Å². The number of carbonyl (C=O) groups excluding carboxylic acids is 1. The van der Waals surface area contributed by atoms with Gasteiger partial charge < -0.3 is 20.0 Å². The fourth-order valence-corrected chi connectivity index (χ4v) is 5.90. The predicted octanol–water partition coefficient (Wildman–Crippen LogP) is 5.76. The molecule has 0 bridgehead atoms. The van der Waals surface area contributed by atoms with Crippen molar-refractivity contribution in [3.63, 3.8) is 0 Å². The van der Waals surface area contributed by atoms with Crippen molar-refractivity contribution in [1.29, 1.82) is 0 Å². The smallest absolute Gasteiger partial charge is 0.227 e. The number of nitrogens with one attached hydrogen (secondary N) is 1. The molecule has 2 heterocycles. The van der Waals surface area contributed by atoms with Crippen molar-refractivity contribution < 1.29 is 4.79 Å². The predicted molar refractivity (Wildman–Crippen MR) is 154 cm³/mol. The van der Waals surface area contributed by atoms with Crippen LogP contribution >= 0.6 is 0 Å². The molecule has 1 amide bonds. The number of anilines is 3. The van der Waals surface area contributed by atoms with Gasteiger partial charge in [0.2, 0.25) is 5.91 Å². The molecule has 0 aliphatic carbocycles. The van der Waals surface area contributed by atoms with Gasteiger partial charge in [-0.15, -0.1) is 0 Å². The third-order valence-electron chi connectivity index (χ3n) is 7.65. The molecule has 2 aliphatic rings. The van der Waals surface area contributed by atoms with Crippen LogP contribution in [0.2, 0.25) is 0 Å². The first kappa shape index (κ1) is 25.3. The molecule has 1 N–H and O–H groups in total. The third-order valence-corrected chi connectivity index (χ3v) is 7.65. The van der Waals surface area contributed by atoms with E-state index >= 15 is 0 Å². The summed E-state index contributed by atoms with van der Waals surface area (Å²) in [7, 11) is 2.21. The minimum Gasteiger partial charge on any atom is -0.372 e. The van der Waals surface area contributed by atoms with Gasteiger partial charge >= 0.3 is 0 Å². The van der Waals surface area contributed by atoms with Gasteiger partial charge in [0.15, 0.2) is 0 Å². The lowest BCUT2D eigenvalue weighted by Crippen LogP contribution is -2.37. The largest absolute Gasteiger partial charge is 0.372 e. The first-order chi connectivity index (χ1) is 17.8. The van der Waals surface area contributed by atoms with Crippen molar-refractivity contribution in [2.24, 2.45) is 5.41 Å². The van der Waals surface area contributed by atoms with Crippen LogP contribution in [0.1, 0.15) is 49.4 Å².